The predicted octanol–water partition coefficient (Wildman–Crippen LogP) is 1.32. The summed E-state index contributed by atoms with van der Waals surface area (Å²) < 4.78 is 0. The highest BCUT2D eigenvalue weighted by molar-refractivity contribution is 5.80. The zero-order valence-electron chi connectivity index (χ0n) is 12.0. The van der Waals surface area contributed by atoms with Gasteiger partial charge < -0.3 is 10.9 Å². The molecule has 0 radical (unpaired) electrons. The van der Waals surface area contributed by atoms with Crippen LogP contribution in [0, 0.1) is 0 Å². The van der Waals surface area contributed by atoms with Gasteiger partial charge in [0.25, 0.3) is 0 Å². The molecule has 5 heteroatoms. The minimum atomic E-state index is 0.339. The summed E-state index contributed by atoms with van der Waals surface area (Å²) in [5.41, 5.74) is 5.62. The first kappa shape index (κ1) is 15.2. The molecule has 0 aliphatic carbocycles. The number of oxime groups is 1. The third-order valence-electron chi connectivity index (χ3n) is 4.12. The number of amidine groups is 1. The Hall–Kier alpha value is -0.810. The molecule has 1 fully saturated rings. The lowest BCUT2D eigenvalue weighted by Gasteiger charge is -2.41. The van der Waals surface area contributed by atoms with Crippen LogP contribution in [0.3, 0.4) is 0 Å². The van der Waals surface area contributed by atoms with E-state index in [0.717, 1.165) is 32.6 Å². The summed E-state index contributed by atoms with van der Waals surface area (Å²) in [4.78, 5) is 5.02. The van der Waals surface area contributed by atoms with E-state index in [0.29, 0.717) is 24.3 Å². The maximum Gasteiger partial charge on any atom is 0.140 e. The van der Waals surface area contributed by atoms with Crippen LogP contribution in [0.5, 0.6) is 0 Å². The second-order valence-electron chi connectivity index (χ2n) is 5.19. The fourth-order valence-corrected chi connectivity index (χ4v) is 2.62. The van der Waals surface area contributed by atoms with Crippen molar-refractivity contribution in [3.8, 4) is 0 Å². The first-order valence-corrected chi connectivity index (χ1v) is 7.06. The van der Waals surface area contributed by atoms with Crippen molar-refractivity contribution in [2.45, 2.75) is 52.1 Å². The third-order valence-corrected chi connectivity index (χ3v) is 4.12. The molecule has 3 N–H and O–H groups in total. The topological polar surface area (TPSA) is 65.1 Å². The van der Waals surface area contributed by atoms with Gasteiger partial charge in [0, 0.05) is 44.7 Å². The number of nitrogens with zero attached hydrogens (tertiary/aromatic N) is 3. The molecule has 0 aromatic carbocycles. The second kappa shape index (κ2) is 7.59. The molecule has 2 unspecified atom stereocenters. The molecule has 0 spiro atoms. The van der Waals surface area contributed by atoms with Crippen LogP contribution in [0.4, 0.5) is 0 Å². The molecular weight excluding hydrogens is 228 g/mol. The molecule has 1 saturated heterocycles. The van der Waals surface area contributed by atoms with Crippen molar-refractivity contribution < 1.29 is 5.21 Å². The Labute approximate surface area is 111 Å². The maximum atomic E-state index is 8.66. The number of hydrogen-bond donors (Lipinski definition) is 2. The van der Waals surface area contributed by atoms with E-state index in [2.05, 4.69) is 35.7 Å². The number of hydrogen-bond acceptors (Lipinski definition) is 4. The van der Waals surface area contributed by atoms with Gasteiger partial charge in [0.1, 0.15) is 5.84 Å². The Bertz CT molecular complexity index is 262. The van der Waals surface area contributed by atoms with Crippen molar-refractivity contribution in [2.75, 3.05) is 26.2 Å². The minimum absolute atomic E-state index is 0.339. The second-order valence-corrected chi connectivity index (χ2v) is 5.19. The largest absolute Gasteiger partial charge is 0.409 e. The molecule has 0 saturated carbocycles. The summed E-state index contributed by atoms with van der Waals surface area (Å²) in [6.07, 6.45) is 2.91. The van der Waals surface area contributed by atoms with Gasteiger partial charge in [0.15, 0.2) is 0 Å². The molecule has 2 atom stereocenters. The van der Waals surface area contributed by atoms with E-state index >= 15 is 0 Å². The van der Waals surface area contributed by atoms with Crippen LogP contribution >= 0.6 is 0 Å². The Balaban J connectivity index is 2.45. The van der Waals surface area contributed by atoms with Gasteiger partial charge in [-0.2, -0.15) is 0 Å². The Morgan fingerprint density at radius 1 is 1.17 bits per heavy atom. The monoisotopic (exact) mass is 256 g/mol. The molecule has 1 heterocycles. The fraction of sp³-hybridized carbons (Fsp3) is 0.923. The van der Waals surface area contributed by atoms with Crippen LogP contribution in [0.1, 0.15) is 40.0 Å². The van der Waals surface area contributed by atoms with Gasteiger partial charge >= 0.3 is 0 Å². The van der Waals surface area contributed by atoms with Crippen molar-refractivity contribution in [3.63, 3.8) is 0 Å². The molecule has 1 aliphatic rings. The number of rotatable bonds is 6. The smallest absolute Gasteiger partial charge is 0.140 e. The highest BCUT2D eigenvalue weighted by Gasteiger charge is 2.25. The number of piperazine rings is 1. The van der Waals surface area contributed by atoms with Crippen LogP contribution in [-0.2, 0) is 0 Å². The van der Waals surface area contributed by atoms with Crippen LogP contribution in [0.15, 0.2) is 5.16 Å². The van der Waals surface area contributed by atoms with Crippen LogP contribution in [0.25, 0.3) is 0 Å². The van der Waals surface area contributed by atoms with Gasteiger partial charge in [0.2, 0.25) is 0 Å². The molecule has 106 valence electrons. The first-order chi connectivity index (χ1) is 8.62. The summed E-state index contributed by atoms with van der Waals surface area (Å²) in [7, 11) is 0. The fourth-order valence-electron chi connectivity index (χ4n) is 2.62. The lowest BCUT2D eigenvalue weighted by atomic mass is 10.1. The zero-order valence-corrected chi connectivity index (χ0v) is 12.0. The van der Waals surface area contributed by atoms with E-state index in [1.807, 2.05) is 0 Å². The van der Waals surface area contributed by atoms with Gasteiger partial charge in [-0.3, -0.25) is 9.80 Å². The molecule has 5 nitrogen and oxygen atoms in total. The van der Waals surface area contributed by atoms with Crippen LogP contribution in [0.2, 0.25) is 0 Å². The van der Waals surface area contributed by atoms with Gasteiger partial charge in [0.05, 0.1) is 0 Å². The summed E-state index contributed by atoms with van der Waals surface area (Å²) in [6, 6.07) is 1.08. The minimum Gasteiger partial charge on any atom is -0.409 e. The van der Waals surface area contributed by atoms with Crippen molar-refractivity contribution >= 4 is 5.84 Å². The lowest BCUT2D eigenvalue weighted by Crippen LogP contribution is -2.53. The average Bonchev–Trinajstić information content (AvgIpc) is 2.43. The van der Waals surface area contributed by atoms with Crippen LogP contribution < -0.4 is 5.73 Å². The molecule has 1 rings (SSSR count). The standard InChI is InChI=1S/C13H28N4O/c1-4-11(3)16-6-8-17(9-7-16)12(5-2)10-13(14)15-18/h11-12,18H,4-10H2,1-3H3,(H2,14,15). The third kappa shape index (κ3) is 4.14. The average molecular weight is 256 g/mol. The summed E-state index contributed by atoms with van der Waals surface area (Å²) in [5, 5.41) is 11.7. The van der Waals surface area contributed by atoms with Crippen molar-refractivity contribution in [3.05, 3.63) is 0 Å². The summed E-state index contributed by atoms with van der Waals surface area (Å²) >= 11 is 0. The lowest BCUT2D eigenvalue weighted by molar-refractivity contribution is 0.0726. The number of nitrogens with two attached hydrogens (primary N) is 1. The molecule has 0 aromatic heterocycles. The van der Waals surface area contributed by atoms with E-state index in [1.165, 1.54) is 6.42 Å². The van der Waals surface area contributed by atoms with Crippen molar-refractivity contribution in [1.29, 1.82) is 0 Å². The van der Waals surface area contributed by atoms with E-state index < -0.39 is 0 Å². The highest BCUT2D eigenvalue weighted by Crippen LogP contribution is 2.14. The van der Waals surface area contributed by atoms with Crippen molar-refractivity contribution in [2.24, 2.45) is 10.9 Å². The quantitative estimate of drug-likeness (QED) is 0.325. The molecule has 0 bridgehead atoms. The SMILES string of the molecule is CCC(C)N1CCN(C(CC)CC(N)=NO)CC1. The van der Waals surface area contributed by atoms with Gasteiger partial charge in [-0.05, 0) is 19.8 Å². The summed E-state index contributed by atoms with van der Waals surface area (Å²) in [5.74, 6) is 0.339. The Morgan fingerprint density at radius 3 is 2.17 bits per heavy atom. The van der Waals surface area contributed by atoms with Crippen LogP contribution in [-0.4, -0.2) is 59.1 Å². The molecular formula is C13H28N4O. The zero-order chi connectivity index (χ0) is 13.5. The molecule has 0 aromatic rings. The highest BCUT2D eigenvalue weighted by atomic mass is 16.4. The van der Waals surface area contributed by atoms with E-state index in [9.17, 15) is 0 Å². The Morgan fingerprint density at radius 2 is 1.72 bits per heavy atom. The molecule has 1 aliphatic heterocycles. The summed E-state index contributed by atoms with van der Waals surface area (Å²) in [6.45, 7) is 11.1. The van der Waals surface area contributed by atoms with Gasteiger partial charge in [-0.1, -0.05) is 19.0 Å². The maximum absolute atomic E-state index is 8.66. The van der Waals surface area contributed by atoms with Crippen molar-refractivity contribution in [1.82, 2.24) is 9.80 Å². The molecule has 18 heavy (non-hydrogen) atoms. The first-order valence-electron chi connectivity index (χ1n) is 7.06. The van der Waals surface area contributed by atoms with E-state index in [4.69, 9.17) is 10.9 Å². The van der Waals surface area contributed by atoms with E-state index in [1.54, 1.807) is 0 Å². The van der Waals surface area contributed by atoms with E-state index in [-0.39, 0.29) is 0 Å². The molecule has 0 amide bonds. The van der Waals surface area contributed by atoms with Gasteiger partial charge in [-0.15, -0.1) is 0 Å². The Kier molecular flexibility index (Phi) is 6.43. The van der Waals surface area contributed by atoms with Gasteiger partial charge in [-0.25, -0.2) is 0 Å². The normalized spacial score (nSPS) is 22.9. The predicted molar refractivity (Wildman–Crippen MR) is 75.0 cm³/mol.